The molecule has 2 aliphatic heterocycles. The smallest absolute Gasteiger partial charge is 0.122 e. The number of benzene rings is 1. The van der Waals surface area contributed by atoms with Crippen LogP contribution in [0.1, 0.15) is 36.8 Å². The van der Waals surface area contributed by atoms with Crippen molar-refractivity contribution in [1.82, 2.24) is 10.6 Å². The van der Waals surface area contributed by atoms with Gasteiger partial charge >= 0.3 is 0 Å². The fourth-order valence-electron chi connectivity index (χ4n) is 3.03. The third-order valence-corrected chi connectivity index (χ3v) is 4.16. The van der Waals surface area contributed by atoms with Crippen molar-refractivity contribution in [3.63, 3.8) is 0 Å². The van der Waals surface area contributed by atoms with E-state index in [1.54, 1.807) is 0 Å². The molecule has 1 aromatic rings. The second-order valence-corrected chi connectivity index (χ2v) is 5.65. The van der Waals surface area contributed by atoms with Gasteiger partial charge in [-0.3, -0.25) is 0 Å². The van der Waals surface area contributed by atoms with E-state index in [1.165, 1.54) is 43.4 Å². The Balaban J connectivity index is 1.40. The molecule has 0 amide bonds. The molecule has 3 rings (SSSR count). The first-order valence-electron chi connectivity index (χ1n) is 7.60. The van der Waals surface area contributed by atoms with Crippen LogP contribution < -0.4 is 15.4 Å². The molecule has 1 fully saturated rings. The first-order valence-corrected chi connectivity index (χ1v) is 7.60. The quantitative estimate of drug-likeness (QED) is 0.797. The molecule has 2 N–H and O–H groups in total. The van der Waals surface area contributed by atoms with E-state index in [1.807, 2.05) is 0 Å². The second kappa shape index (κ2) is 6.40. The van der Waals surface area contributed by atoms with Crippen molar-refractivity contribution < 1.29 is 4.74 Å². The van der Waals surface area contributed by atoms with Gasteiger partial charge in [-0.15, -0.1) is 0 Å². The second-order valence-electron chi connectivity index (χ2n) is 5.65. The van der Waals surface area contributed by atoms with E-state index in [9.17, 15) is 0 Å². The highest BCUT2D eigenvalue weighted by atomic mass is 16.5. The monoisotopic (exact) mass is 260 g/mol. The predicted octanol–water partition coefficient (Wildman–Crippen LogP) is 2.24. The summed E-state index contributed by atoms with van der Waals surface area (Å²) in [5.41, 5.74) is 2.74. The van der Waals surface area contributed by atoms with Gasteiger partial charge in [-0.25, -0.2) is 0 Å². The summed E-state index contributed by atoms with van der Waals surface area (Å²) < 4.78 is 5.53. The van der Waals surface area contributed by atoms with Crippen molar-refractivity contribution in [3.8, 4) is 5.75 Å². The molecule has 0 aliphatic carbocycles. The lowest BCUT2D eigenvalue weighted by Gasteiger charge is -2.23. The molecule has 0 aromatic heterocycles. The summed E-state index contributed by atoms with van der Waals surface area (Å²) in [5, 5.41) is 7.15. The van der Waals surface area contributed by atoms with E-state index in [0.29, 0.717) is 0 Å². The van der Waals surface area contributed by atoms with E-state index in [4.69, 9.17) is 4.74 Å². The third-order valence-electron chi connectivity index (χ3n) is 4.16. The summed E-state index contributed by atoms with van der Waals surface area (Å²) in [6, 6.07) is 7.31. The molecule has 0 bridgehead atoms. The Morgan fingerprint density at radius 2 is 2.32 bits per heavy atom. The summed E-state index contributed by atoms with van der Waals surface area (Å²) in [4.78, 5) is 0. The van der Waals surface area contributed by atoms with Gasteiger partial charge in [0.25, 0.3) is 0 Å². The lowest BCUT2D eigenvalue weighted by Crippen LogP contribution is -2.36. The zero-order valence-corrected chi connectivity index (χ0v) is 11.6. The average Bonchev–Trinajstić information content (AvgIpc) is 2.92. The molecule has 1 saturated heterocycles. The molecule has 3 nitrogen and oxygen atoms in total. The van der Waals surface area contributed by atoms with Crippen LogP contribution in [0.3, 0.4) is 0 Å². The zero-order chi connectivity index (χ0) is 12.9. The van der Waals surface area contributed by atoms with Crippen molar-refractivity contribution in [2.75, 3.05) is 19.7 Å². The van der Waals surface area contributed by atoms with E-state index in [-0.39, 0.29) is 0 Å². The van der Waals surface area contributed by atoms with Crippen molar-refractivity contribution in [3.05, 3.63) is 29.3 Å². The summed E-state index contributed by atoms with van der Waals surface area (Å²) in [7, 11) is 0. The van der Waals surface area contributed by atoms with Gasteiger partial charge in [-0.1, -0.05) is 18.6 Å². The Bertz CT molecular complexity index is 413. The summed E-state index contributed by atoms with van der Waals surface area (Å²) in [6.45, 7) is 4.13. The topological polar surface area (TPSA) is 33.3 Å². The number of rotatable bonds is 5. The van der Waals surface area contributed by atoms with Crippen LogP contribution in [0.5, 0.6) is 5.75 Å². The first-order chi connectivity index (χ1) is 9.42. The Morgan fingerprint density at radius 3 is 3.21 bits per heavy atom. The van der Waals surface area contributed by atoms with Crippen LogP contribution >= 0.6 is 0 Å². The highest BCUT2D eigenvalue weighted by Crippen LogP contribution is 2.25. The van der Waals surface area contributed by atoms with Gasteiger partial charge in [-0.05, 0) is 49.5 Å². The van der Waals surface area contributed by atoms with Gasteiger partial charge in [0.05, 0.1) is 6.61 Å². The molecule has 2 aliphatic rings. The van der Waals surface area contributed by atoms with Gasteiger partial charge in [0.1, 0.15) is 5.75 Å². The van der Waals surface area contributed by atoms with Crippen LogP contribution in [0.25, 0.3) is 0 Å². The first kappa shape index (κ1) is 12.9. The highest BCUT2D eigenvalue weighted by Gasteiger charge is 2.13. The van der Waals surface area contributed by atoms with E-state index in [2.05, 4.69) is 28.8 Å². The van der Waals surface area contributed by atoms with E-state index < -0.39 is 0 Å². The summed E-state index contributed by atoms with van der Waals surface area (Å²) >= 11 is 0. The van der Waals surface area contributed by atoms with Gasteiger partial charge in [0.15, 0.2) is 0 Å². The molecule has 0 saturated carbocycles. The average molecular weight is 260 g/mol. The van der Waals surface area contributed by atoms with Crippen LogP contribution in [0, 0.1) is 0 Å². The fraction of sp³-hybridized carbons (Fsp3) is 0.625. The Kier molecular flexibility index (Phi) is 4.36. The molecule has 2 heterocycles. The number of nitrogens with one attached hydrogen (secondary N) is 2. The number of piperidine rings is 1. The maximum absolute atomic E-state index is 5.53. The molecule has 0 spiro atoms. The predicted molar refractivity (Wildman–Crippen MR) is 77.6 cm³/mol. The van der Waals surface area contributed by atoms with E-state index in [0.717, 1.165) is 37.9 Å². The molecule has 0 radical (unpaired) electrons. The van der Waals surface area contributed by atoms with Gasteiger partial charge < -0.3 is 15.4 Å². The normalized spacial score (nSPS) is 22.0. The minimum absolute atomic E-state index is 0.731. The SMILES string of the molecule is c1cc2c(cc1CNCCC1CCCCN1)CCO2. The van der Waals surface area contributed by atoms with E-state index >= 15 is 0 Å². The molecule has 1 aromatic carbocycles. The third kappa shape index (κ3) is 3.48. The number of ether oxygens (including phenoxy) is 1. The number of hydrogen-bond acceptors (Lipinski definition) is 3. The minimum Gasteiger partial charge on any atom is -0.493 e. The van der Waals surface area contributed by atoms with Crippen molar-refractivity contribution in [2.45, 2.75) is 44.7 Å². The zero-order valence-electron chi connectivity index (χ0n) is 11.6. The molecule has 1 unspecified atom stereocenters. The largest absolute Gasteiger partial charge is 0.493 e. The molecule has 1 atom stereocenters. The molecular formula is C16H24N2O. The van der Waals surface area contributed by atoms with Crippen LogP contribution in [-0.4, -0.2) is 25.7 Å². The standard InChI is InChI=1S/C16H24N2O/c1-2-8-18-15(3-1)6-9-17-12-13-4-5-16-14(11-13)7-10-19-16/h4-5,11,15,17-18H,1-3,6-10,12H2. The van der Waals surface area contributed by atoms with Crippen LogP contribution in [0.2, 0.25) is 0 Å². The van der Waals surface area contributed by atoms with Gasteiger partial charge in [0.2, 0.25) is 0 Å². The van der Waals surface area contributed by atoms with Crippen molar-refractivity contribution >= 4 is 0 Å². The lowest BCUT2D eigenvalue weighted by atomic mass is 10.0. The van der Waals surface area contributed by atoms with Gasteiger partial charge in [0, 0.05) is 19.0 Å². The number of fused-ring (bicyclic) bond motifs is 1. The maximum Gasteiger partial charge on any atom is 0.122 e. The van der Waals surface area contributed by atoms with Crippen molar-refractivity contribution in [1.29, 1.82) is 0 Å². The fourth-order valence-corrected chi connectivity index (χ4v) is 3.03. The Hall–Kier alpha value is -1.06. The van der Waals surface area contributed by atoms with Crippen LogP contribution in [-0.2, 0) is 13.0 Å². The Morgan fingerprint density at radius 1 is 1.32 bits per heavy atom. The van der Waals surface area contributed by atoms with Crippen molar-refractivity contribution in [2.24, 2.45) is 0 Å². The molecule has 3 heteroatoms. The maximum atomic E-state index is 5.53. The summed E-state index contributed by atoms with van der Waals surface area (Å²) in [5.74, 6) is 1.08. The van der Waals surface area contributed by atoms with Crippen LogP contribution in [0.15, 0.2) is 18.2 Å². The van der Waals surface area contributed by atoms with Crippen LogP contribution in [0.4, 0.5) is 0 Å². The highest BCUT2D eigenvalue weighted by molar-refractivity contribution is 5.39. The Labute approximate surface area is 115 Å². The molecule has 19 heavy (non-hydrogen) atoms. The number of hydrogen-bond donors (Lipinski definition) is 2. The molecule has 104 valence electrons. The lowest BCUT2D eigenvalue weighted by molar-refractivity contribution is 0.357. The molecular weight excluding hydrogens is 236 g/mol. The minimum atomic E-state index is 0.731. The van der Waals surface area contributed by atoms with Gasteiger partial charge in [-0.2, -0.15) is 0 Å². The summed E-state index contributed by atoms with van der Waals surface area (Å²) in [6.07, 6.45) is 6.39.